The molecule has 3 N–H and O–H groups in total. The van der Waals surface area contributed by atoms with Crippen LogP contribution in [0.2, 0.25) is 0 Å². The third-order valence-corrected chi connectivity index (χ3v) is 3.52. The van der Waals surface area contributed by atoms with E-state index >= 15 is 0 Å². The van der Waals surface area contributed by atoms with Gasteiger partial charge in [0.05, 0.1) is 17.1 Å². The Hall–Kier alpha value is -2.00. The number of hydrogen-bond donors (Lipinski definition) is 2. The molecule has 1 aromatic rings. The molecule has 9 nitrogen and oxygen atoms in total. The molecule has 0 aliphatic carbocycles. The van der Waals surface area contributed by atoms with Crippen molar-refractivity contribution in [1.82, 2.24) is 9.97 Å². The van der Waals surface area contributed by atoms with Crippen LogP contribution in [-0.2, 0) is 4.74 Å². The van der Waals surface area contributed by atoms with Crippen molar-refractivity contribution in [2.45, 2.75) is 32.4 Å². The third-order valence-electron chi connectivity index (χ3n) is 3.52. The fourth-order valence-electron chi connectivity index (χ4n) is 2.46. The van der Waals surface area contributed by atoms with Crippen LogP contribution in [-0.4, -0.2) is 40.7 Å². The Labute approximate surface area is 116 Å². The lowest BCUT2D eigenvalue weighted by Crippen LogP contribution is -2.38. The number of rotatable bonds is 4. The van der Waals surface area contributed by atoms with Gasteiger partial charge in [-0.25, -0.2) is 10.8 Å². The van der Waals surface area contributed by atoms with Crippen LogP contribution < -0.4 is 16.2 Å². The lowest BCUT2D eigenvalue weighted by atomic mass is 10.1. The van der Waals surface area contributed by atoms with Crippen LogP contribution in [0.1, 0.15) is 19.0 Å². The molecule has 20 heavy (non-hydrogen) atoms. The third kappa shape index (κ3) is 2.49. The van der Waals surface area contributed by atoms with Crippen molar-refractivity contribution >= 4 is 17.5 Å². The first-order chi connectivity index (χ1) is 9.45. The molecule has 2 heterocycles. The van der Waals surface area contributed by atoms with Gasteiger partial charge < -0.3 is 9.64 Å². The topological polar surface area (TPSA) is 119 Å². The van der Waals surface area contributed by atoms with Crippen molar-refractivity contribution < 1.29 is 9.66 Å². The van der Waals surface area contributed by atoms with Gasteiger partial charge in [-0.05, 0) is 20.3 Å². The van der Waals surface area contributed by atoms with Gasteiger partial charge in [0, 0.05) is 13.7 Å². The molecule has 9 heteroatoms. The van der Waals surface area contributed by atoms with E-state index in [1.165, 1.54) is 0 Å². The minimum Gasteiger partial charge on any atom is -0.376 e. The SMILES string of the molecule is Cc1nc(NN)nc(N(C)C2CCOC2C)c1[N+](=O)[O-]. The fourth-order valence-corrected chi connectivity index (χ4v) is 2.46. The lowest BCUT2D eigenvalue weighted by molar-refractivity contribution is -0.385. The summed E-state index contributed by atoms with van der Waals surface area (Å²) in [6.45, 7) is 4.14. The number of hydrogen-bond acceptors (Lipinski definition) is 8. The predicted octanol–water partition coefficient (Wildman–Crippen LogP) is 0.592. The molecule has 2 unspecified atom stereocenters. The molecule has 1 fully saturated rings. The molecule has 0 bridgehead atoms. The largest absolute Gasteiger partial charge is 0.376 e. The molecule has 1 aliphatic heterocycles. The first-order valence-electron chi connectivity index (χ1n) is 6.29. The monoisotopic (exact) mass is 282 g/mol. The molecule has 0 spiro atoms. The number of nitrogens with one attached hydrogen (secondary N) is 1. The zero-order valence-corrected chi connectivity index (χ0v) is 11.7. The molecule has 110 valence electrons. The summed E-state index contributed by atoms with van der Waals surface area (Å²) in [4.78, 5) is 20.6. The summed E-state index contributed by atoms with van der Waals surface area (Å²) in [6.07, 6.45) is 0.785. The van der Waals surface area contributed by atoms with Crippen LogP contribution in [0.3, 0.4) is 0 Å². The molecule has 0 aromatic carbocycles. The Morgan fingerprint density at radius 1 is 1.55 bits per heavy atom. The average Bonchev–Trinajstić information content (AvgIpc) is 2.82. The van der Waals surface area contributed by atoms with Crippen molar-refractivity contribution in [3.05, 3.63) is 15.8 Å². The minimum absolute atomic E-state index is 0.0100. The number of ether oxygens (including phenoxy) is 1. The highest BCUT2D eigenvalue weighted by molar-refractivity contribution is 5.62. The maximum Gasteiger partial charge on any atom is 0.332 e. The molecule has 0 amide bonds. The highest BCUT2D eigenvalue weighted by atomic mass is 16.6. The van der Waals surface area contributed by atoms with E-state index in [9.17, 15) is 10.1 Å². The van der Waals surface area contributed by atoms with Gasteiger partial charge in [-0.2, -0.15) is 4.98 Å². The number of nitrogens with two attached hydrogens (primary N) is 1. The molecule has 2 atom stereocenters. The van der Waals surface area contributed by atoms with Crippen LogP contribution in [0, 0.1) is 17.0 Å². The highest BCUT2D eigenvalue weighted by Gasteiger charge is 2.33. The number of aryl methyl sites for hydroxylation is 1. The van der Waals surface area contributed by atoms with Crippen molar-refractivity contribution in [3.8, 4) is 0 Å². The van der Waals surface area contributed by atoms with Crippen molar-refractivity contribution in [3.63, 3.8) is 0 Å². The van der Waals surface area contributed by atoms with Crippen molar-refractivity contribution in [2.24, 2.45) is 5.84 Å². The van der Waals surface area contributed by atoms with Crippen molar-refractivity contribution in [2.75, 3.05) is 24.0 Å². The average molecular weight is 282 g/mol. The number of nitrogen functional groups attached to an aromatic ring is 1. The second-order valence-corrected chi connectivity index (χ2v) is 4.75. The molecular weight excluding hydrogens is 264 g/mol. The number of anilines is 2. The number of aromatic nitrogens is 2. The summed E-state index contributed by atoms with van der Waals surface area (Å²) >= 11 is 0. The van der Waals surface area contributed by atoms with Crippen molar-refractivity contribution in [1.29, 1.82) is 0 Å². The van der Waals surface area contributed by atoms with E-state index in [2.05, 4.69) is 15.4 Å². The van der Waals surface area contributed by atoms with E-state index in [4.69, 9.17) is 10.6 Å². The van der Waals surface area contributed by atoms with E-state index in [1.54, 1.807) is 18.9 Å². The molecular formula is C11H18N6O3. The summed E-state index contributed by atoms with van der Waals surface area (Å²) in [5.41, 5.74) is 2.49. The molecule has 0 radical (unpaired) electrons. The summed E-state index contributed by atoms with van der Waals surface area (Å²) in [5, 5.41) is 11.3. The fraction of sp³-hybridized carbons (Fsp3) is 0.636. The van der Waals surface area contributed by atoms with Crippen LogP contribution in [0.15, 0.2) is 0 Å². The summed E-state index contributed by atoms with van der Waals surface area (Å²) in [7, 11) is 1.77. The lowest BCUT2D eigenvalue weighted by Gasteiger charge is -2.27. The second kappa shape index (κ2) is 5.55. The van der Waals surface area contributed by atoms with Crippen LogP contribution in [0.25, 0.3) is 0 Å². The maximum atomic E-state index is 11.3. The minimum atomic E-state index is -0.470. The molecule has 1 saturated heterocycles. The van der Waals surface area contributed by atoms with E-state index in [-0.39, 0.29) is 35.3 Å². The van der Waals surface area contributed by atoms with Gasteiger partial charge in [-0.3, -0.25) is 15.5 Å². The van der Waals surface area contributed by atoms with E-state index in [0.717, 1.165) is 6.42 Å². The summed E-state index contributed by atoms with van der Waals surface area (Å²) < 4.78 is 5.50. The van der Waals surface area contributed by atoms with E-state index in [1.807, 2.05) is 6.92 Å². The number of hydrazine groups is 1. The van der Waals surface area contributed by atoms with Gasteiger partial charge in [0.25, 0.3) is 0 Å². The van der Waals surface area contributed by atoms with Gasteiger partial charge in [0.1, 0.15) is 5.69 Å². The van der Waals surface area contributed by atoms with Gasteiger partial charge in [0.15, 0.2) is 0 Å². The second-order valence-electron chi connectivity index (χ2n) is 4.75. The Balaban J connectivity index is 2.47. The predicted molar refractivity (Wildman–Crippen MR) is 73.5 cm³/mol. The first-order valence-corrected chi connectivity index (χ1v) is 6.29. The maximum absolute atomic E-state index is 11.3. The zero-order chi connectivity index (χ0) is 14.9. The molecule has 1 aromatic heterocycles. The van der Waals surface area contributed by atoms with Crippen LogP contribution in [0.4, 0.5) is 17.5 Å². The number of likely N-dealkylation sites (N-methyl/N-ethyl adjacent to an activating group) is 1. The van der Waals surface area contributed by atoms with Gasteiger partial charge in [-0.15, -0.1) is 0 Å². The Morgan fingerprint density at radius 2 is 2.25 bits per heavy atom. The molecule has 2 rings (SSSR count). The number of nitrogens with zero attached hydrogens (tertiary/aromatic N) is 4. The van der Waals surface area contributed by atoms with E-state index in [0.29, 0.717) is 6.61 Å². The van der Waals surface area contributed by atoms with Gasteiger partial charge >= 0.3 is 5.69 Å². The van der Waals surface area contributed by atoms with Crippen LogP contribution >= 0.6 is 0 Å². The van der Waals surface area contributed by atoms with Gasteiger partial charge in [0.2, 0.25) is 11.8 Å². The van der Waals surface area contributed by atoms with E-state index < -0.39 is 4.92 Å². The summed E-state index contributed by atoms with van der Waals surface area (Å²) in [5.74, 6) is 5.71. The van der Waals surface area contributed by atoms with Gasteiger partial charge in [-0.1, -0.05) is 0 Å². The van der Waals surface area contributed by atoms with Crippen LogP contribution in [0.5, 0.6) is 0 Å². The smallest absolute Gasteiger partial charge is 0.332 e. The Bertz CT molecular complexity index is 523. The Kier molecular flexibility index (Phi) is 4.00. The quantitative estimate of drug-likeness (QED) is 0.468. The highest BCUT2D eigenvalue weighted by Crippen LogP contribution is 2.32. The first kappa shape index (κ1) is 14.4. The zero-order valence-electron chi connectivity index (χ0n) is 11.7. The standard InChI is InChI=1S/C11H18N6O3/c1-6-9(17(18)19)10(14-11(13-6)15-12)16(3)8-4-5-20-7(8)2/h7-8H,4-5,12H2,1-3H3,(H,13,14,15). The number of nitro groups is 1. The molecule has 1 aliphatic rings. The summed E-state index contributed by atoms with van der Waals surface area (Å²) in [6, 6.07) is 0.0358. The Morgan fingerprint density at radius 3 is 2.75 bits per heavy atom. The normalized spacial score (nSPS) is 21.8. The molecule has 0 saturated carbocycles.